The maximum absolute atomic E-state index is 12.8. The lowest BCUT2D eigenvalue weighted by Crippen LogP contribution is -2.57. The van der Waals surface area contributed by atoms with E-state index in [2.05, 4.69) is 52.9 Å². The Kier molecular flexibility index (Phi) is 6.48. The summed E-state index contributed by atoms with van der Waals surface area (Å²) in [4.78, 5) is 26.8. The molecule has 3 atom stereocenters. The van der Waals surface area contributed by atoms with Crippen molar-refractivity contribution < 1.29 is 0 Å². The molecule has 4 aromatic rings. The molecule has 36 heavy (non-hydrogen) atoms. The molecule has 5 rings (SSSR count). The fourth-order valence-corrected chi connectivity index (χ4v) is 5.28. The van der Waals surface area contributed by atoms with Gasteiger partial charge in [0.05, 0.1) is 22.9 Å². The van der Waals surface area contributed by atoms with Gasteiger partial charge >= 0.3 is 0 Å². The van der Waals surface area contributed by atoms with Gasteiger partial charge in [-0.15, -0.1) is 0 Å². The van der Waals surface area contributed by atoms with Crippen LogP contribution in [0.2, 0.25) is 5.02 Å². The van der Waals surface area contributed by atoms with Crippen LogP contribution in [-0.2, 0) is 7.05 Å². The Labute approximate surface area is 215 Å². The molecule has 4 heterocycles. The summed E-state index contributed by atoms with van der Waals surface area (Å²) in [5.41, 5.74) is 4.49. The summed E-state index contributed by atoms with van der Waals surface area (Å²) in [5, 5.41) is 10.1. The molecule has 1 unspecified atom stereocenters. The van der Waals surface area contributed by atoms with Crippen molar-refractivity contribution in [3.05, 3.63) is 99.2 Å². The molecular formula is C28H27ClN6O. The van der Waals surface area contributed by atoms with Crippen molar-refractivity contribution >= 4 is 28.3 Å². The molecule has 3 aromatic heterocycles. The lowest BCUT2D eigenvalue weighted by atomic mass is 9.96. The van der Waals surface area contributed by atoms with Crippen molar-refractivity contribution in [2.75, 3.05) is 18.0 Å². The van der Waals surface area contributed by atoms with E-state index in [4.69, 9.17) is 16.6 Å². The van der Waals surface area contributed by atoms with E-state index < -0.39 is 0 Å². The Hall–Kier alpha value is -3.73. The number of rotatable bonds is 4. The third-order valence-electron chi connectivity index (χ3n) is 7.01. The van der Waals surface area contributed by atoms with Gasteiger partial charge < -0.3 is 9.47 Å². The molecule has 0 saturated carbocycles. The molecule has 0 N–H and O–H groups in total. The number of pyridine rings is 3. The molecule has 1 aliphatic heterocycles. The van der Waals surface area contributed by atoms with Crippen LogP contribution >= 0.6 is 11.6 Å². The van der Waals surface area contributed by atoms with Crippen molar-refractivity contribution in [3.8, 4) is 6.07 Å². The minimum Gasteiger partial charge on any atom is -0.364 e. The molecule has 8 heteroatoms. The van der Waals surface area contributed by atoms with Gasteiger partial charge in [-0.1, -0.05) is 29.8 Å². The van der Waals surface area contributed by atoms with Crippen LogP contribution in [0.3, 0.4) is 0 Å². The highest BCUT2D eigenvalue weighted by atomic mass is 35.5. The largest absolute Gasteiger partial charge is 0.364 e. The Morgan fingerprint density at radius 1 is 1.06 bits per heavy atom. The number of nitrogens with zero attached hydrogens (tertiary/aromatic N) is 6. The Morgan fingerprint density at radius 3 is 2.53 bits per heavy atom. The fraction of sp³-hybridized carbons (Fsp3) is 0.286. The second-order valence-electron chi connectivity index (χ2n) is 9.36. The van der Waals surface area contributed by atoms with Crippen LogP contribution < -0.4 is 10.5 Å². The highest BCUT2D eigenvalue weighted by molar-refractivity contribution is 6.30. The number of benzene rings is 1. The van der Waals surface area contributed by atoms with Crippen LogP contribution in [0, 0.1) is 11.3 Å². The van der Waals surface area contributed by atoms with Crippen LogP contribution in [0.1, 0.15) is 36.8 Å². The standard InChI is InChI=1S/C28H27ClN6O/c1-18-17-35(28(23-6-4-5-13-31-23)20-7-9-21(29)10-8-20)19(2)16-34(18)25-14-26(36)33(3)24-12-11-22(15-30)32-27(24)25/h4-14,18-19,28H,16-17H2,1-3H3/t18-,19+,28?/m0/s1. The van der Waals surface area contributed by atoms with Crippen molar-refractivity contribution in [1.82, 2.24) is 19.4 Å². The van der Waals surface area contributed by atoms with Gasteiger partial charge in [0, 0.05) is 49.5 Å². The molecule has 0 radical (unpaired) electrons. The van der Waals surface area contributed by atoms with Gasteiger partial charge in [-0.3, -0.25) is 14.7 Å². The van der Waals surface area contributed by atoms with Gasteiger partial charge in [0.2, 0.25) is 0 Å². The predicted molar refractivity (Wildman–Crippen MR) is 142 cm³/mol. The molecule has 0 aliphatic carbocycles. The molecular weight excluding hydrogens is 472 g/mol. The van der Waals surface area contributed by atoms with E-state index in [-0.39, 0.29) is 23.7 Å². The van der Waals surface area contributed by atoms with E-state index in [1.807, 2.05) is 30.5 Å². The monoisotopic (exact) mass is 498 g/mol. The third-order valence-corrected chi connectivity index (χ3v) is 7.26. The molecule has 0 amide bonds. The summed E-state index contributed by atoms with van der Waals surface area (Å²) in [6, 6.07) is 21.4. The number of halogens is 1. The van der Waals surface area contributed by atoms with Gasteiger partial charge in [-0.05, 0) is 55.8 Å². The van der Waals surface area contributed by atoms with Crippen molar-refractivity contribution in [2.24, 2.45) is 7.05 Å². The van der Waals surface area contributed by atoms with E-state index in [1.54, 1.807) is 29.8 Å². The SMILES string of the molecule is C[C@@H]1CN(c2cc(=O)n(C)c3ccc(C#N)nc23)[C@@H](C)CN1C(c1ccc(Cl)cc1)c1ccccn1. The first-order valence-corrected chi connectivity index (χ1v) is 12.3. The number of piperazine rings is 1. The second-order valence-corrected chi connectivity index (χ2v) is 9.80. The average molecular weight is 499 g/mol. The quantitative estimate of drug-likeness (QED) is 0.411. The van der Waals surface area contributed by atoms with Crippen LogP contribution in [0.25, 0.3) is 11.0 Å². The highest BCUT2D eigenvalue weighted by Gasteiger charge is 2.36. The van der Waals surface area contributed by atoms with E-state index in [0.29, 0.717) is 28.3 Å². The predicted octanol–water partition coefficient (Wildman–Crippen LogP) is 4.54. The van der Waals surface area contributed by atoms with E-state index in [1.165, 1.54) is 0 Å². The maximum atomic E-state index is 12.8. The van der Waals surface area contributed by atoms with Gasteiger partial charge in [-0.25, -0.2) is 4.98 Å². The topological polar surface area (TPSA) is 78.0 Å². The molecule has 1 saturated heterocycles. The number of aromatic nitrogens is 3. The number of hydrogen-bond acceptors (Lipinski definition) is 6. The average Bonchev–Trinajstić information content (AvgIpc) is 2.89. The molecule has 0 spiro atoms. The summed E-state index contributed by atoms with van der Waals surface area (Å²) >= 11 is 6.19. The first-order chi connectivity index (χ1) is 17.4. The first kappa shape index (κ1) is 24.0. The van der Waals surface area contributed by atoms with Gasteiger partial charge in [-0.2, -0.15) is 5.26 Å². The molecule has 7 nitrogen and oxygen atoms in total. The molecule has 1 aliphatic rings. The minimum atomic E-state index is -0.0983. The Bertz CT molecular complexity index is 1500. The number of nitriles is 1. The summed E-state index contributed by atoms with van der Waals surface area (Å²) in [6.45, 7) is 5.80. The fourth-order valence-electron chi connectivity index (χ4n) is 5.16. The lowest BCUT2D eigenvalue weighted by molar-refractivity contribution is 0.128. The number of anilines is 1. The van der Waals surface area contributed by atoms with Crippen molar-refractivity contribution in [3.63, 3.8) is 0 Å². The Balaban J connectivity index is 1.55. The highest BCUT2D eigenvalue weighted by Crippen LogP contribution is 2.35. The van der Waals surface area contributed by atoms with Gasteiger partial charge in [0.25, 0.3) is 5.56 Å². The molecule has 0 bridgehead atoms. The van der Waals surface area contributed by atoms with Crippen LogP contribution in [-0.4, -0.2) is 44.6 Å². The van der Waals surface area contributed by atoms with E-state index >= 15 is 0 Å². The first-order valence-electron chi connectivity index (χ1n) is 12.0. The summed E-state index contributed by atoms with van der Waals surface area (Å²) in [6.07, 6.45) is 1.83. The van der Waals surface area contributed by atoms with E-state index in [0.717, 1.165) is 23.5 Å². The summed E-state index contributed by atoms with van der Waals surface area (Å²) in [5.74, 6) is 0. The van der Waals surface area contributed by atoms with Crippen LogP contribution in [0.4, 0.5) is 5.69 Å². The van der Waals surface area contributed by atoms with Gasteiger partial charge in [0.1, 0.15) is 17.3 Å². The van der Waals surface area contributed by atoms with Crippen LogP contribution in [0.5, 0.6) is 0 Å². The molecule has 1 fully saturated rings. The Morgan fingerprint density at radius 2 is 1.83 bits per heavy atom. The van der Waals surface area contributed by atoms with Crippen molar-refractivity contribution in [2.45, 2.75) is 32.0 Å². The lowest BCUT2D eigenvalue weighted by Gasteiger charge is -2.48. The van der Waals surface area contributed by atoms with Gasteiger partial charge in [0.15, 0.2) is 0 Å². The molecule has 1 aromatic carbocycles. The van der Waals surface area contributed by atoms with Crippen molar-refractivity contribution in [1.29, 1.82) is 5.26 Å². The molecule has 182 valence electrons. The zero-order chi connectivity index (χ0) is 25.4. The minimum absolute atomic E-state index is 0.0354. The zero-order valence-electron chi connectivity index (χ0n) is 20.5. The maximum Gasteiger partial charge on any atom is 0.252 e. The normalized spacial score (nSPS) is 19.2. The second kappa shape index (κ2) is 9.73. The number of fused-ring (bicyclic) bond motifs is 1. The number of hydrogen-bond donors (Lipinski definition) is 0. The zero-order valence-corrected chi connectivity index (χ0v) is 21.2. The third kappa shape index (κ3) is 4.34. The smallest absolute Gasteiger partial charge is 0.252 e. The van der Waals surface area contributed by atoms with Crippen LogP contribution in [0.15, 0.2) is 71.7 Å². The number of aryl methyl sites for hydroxylation is 1. The summed E-state index contributed by atoms with van der Waals surface area (Å²) < 4.78 is 1.58. The summed E-state index contributed by atoms with van der Waals surface area (Å²) in [7, 11) is 1.73. The van der Waals surface area contributed by atoms with E-state index in [9.17, 15) is 10.1 Å².